The number of nitrogens with one attached hydrogen (secondary N) is 2. The SMILES string of the molecule is CC1(C)C(C(=O)O)C1C(=O)Nc1ccc(NC(N)=O)cc1. The predicted octanol–water partition coefficient (Wildman–Crippen LogP) is 1.47. The van der Waals surface area contributed by atoms with Crippen LogP contribution in [-0.4, -0.2) is 23.0 Å². The Hall–Kier alpha value is -2.57. The van der Waals surface area contributed by atoms with Gasteiger partial charge in [0, 0.05) is 11.4 Å². The van der Waals surface area contributed by atoms with Gasteiger partial charge in [-0.25, -0.2) is 4.79 Å². The van der Waals surface area contributed by atoms with E-state index in [1.165, 1.54) is 0 Å². The quantitative estimate of drug-likeness (QED) is 0.671. The molecule has 0 saturated heterocycles. The van der Waals surface area contributed by atoms with Crippen LogP contribution in [0.4, 0.5) is 16.2 Å². The largest absolute Gasteiger partial charge is 0.481 e. The highest BCUT2D eigenvalue weighted by Crippen LogP contribution is 2.58. The summed E-state index contributed by atoms with van der Waals surface area (Å²) < 4.78 is 0. The molecular weight excluding hydrogens is 274 g/mol. The molecule has 0 heterocycles. The van der Waals surface area contributed by atoms with E-state index < -0.39 is 29.3 Å². The maximum atomic E-state index is 12.1. The standard InChI is InChI=1S/C14H17N3O4/c1-14(2)9(10(14)12(19)20)11(18)16-7-3-5-8(6-4-7)17-13(15)21/h3-6,9-10H,1-2H3,(H,16,18)(H,19,20)(H3,15,17,21). The number of hydrogen-bond donors (Lipinski definition) is 4. The molecule has 1 saturated carbocycles. The first-order valence-electron chi connectivity index (χ1n) is 6.43. The minimum Gasteiger partial charge on any atom is -0.481 e. The highest BCUT2D eigenvalue weighted by atomic mass is 16.4. The van der Waals surface area contributed by atoms with Gasteiger partial charge in [0.15, 0.2) is 0 Å². The van der Waals surface area contributed by atoms with E-state index in [-0.39, 0.29) is 5.91 Å². The Morgan fingerprint density at radius 2 is 1.52 bits per heavy atom. The molecule has 2 atom stereocenters. The molecule has 112 valence electrons. The molecule has 21 heavy (non-hydrogen) atoms. The third kappa shape index (κ3) is 2.96. The lowest BCUT2D eigenvalue weighted by molar-refractivity contribution is -0.140. The molecule has 1 fully saturated rings. The van der Waals surface area contributed by atoms with Crippen LogP contribution in [-0.2, 0) is 9.59 Å². The molecule has 2 rings (SSSR count). The summed E-state index contributed by atoms with van der Waals surface area (Å²) >= 11 is 0. The molecule has 0 aliphatic heterocycles. The minimum atomic E-state index is -0.957. The smallest absolute Gasteiger partial charge is 0.316 e. The van der Waals surface area contributed by atoms with E-state index in [0.717, 1.165) is 0 Å². The Morgan fingerprint density at radius 1 is 1.05 bits per heavy atom. The molecule has 1 aromatic rings. The second-order valence-corrected chi connectivity index (χ2v) is 5.67. The summed E-state index contributed by atoms with van der Waals surface area (Å²) in [7, 11) is 0. The Kier molecular flexibility index (Phi) is 3.59. The first kappa shape index (κ1) is 14.8. The van der Waals surface area contributed by atoms with Crippen LogP contribution in [0, 0.1) is 17.3 Å². The van der Waals surface area contributed by atoms with Crippen molar-refractivity contribution in [2.24, 2.45) is 23.0 Å². The van der Waals surface area contributed by atoms with Gasteiger partial charge in [0.25, 0.3) is 0 Å². The van der Waals surface area contributed by atoms with E-state index in [1.807, 2.05) is 0 Å². The minimum absolute atomic E-state index is 0.317. The molecule has 7 heteroatoms. The summed E-state index contributed by atoms with van der Waals surface area (Å²) in [5.74, 6) is -2.48. The Balaban J connectivity index is 2.01. The number of benzene rings is 1. The van der Waals surface area contributed by atoms with Crippen LogP contribution in [0.15, 0.2) is 24.3 Å². The van der Waals surface area contributed by atoms with Crippen molar-refractivity contribution < 1.29 is 19.5 Å². The van der Waals surface area contributed by atoms with Gasteiger partial charge in [-0.3, -0.25) is 9.59 Å². The van der Waals surface area contributed by atoms with Crippen molar-refractivity contribution >= 4 is 29.3 Å². The number of anilines is 2. The molecule has 5 N–H and O–H groups in total. The lowest BCUT2D eigenvalue weighted by atomic mass is 10.1. The molecule has 0 radical (unpaired) electrons. The van der Waals surface area contributed by atoms with Crippen molar-refractivity contribution in [2.45, 2.75) is 13.8 Å². The summed E-state index contributed by atoms with van der Waals surface area (Å²) in [5, 5.41) is 14.1. The average molecular weight is 291 g/mol. The summed E-state index contributed by atoms with van der Waals surface area (Å²) in [5.41, 5.74) is 5.49. The van der Waals surface area contributed by atoms with Crippen molar-refractivity contribution in [3.05, 3.63) is 24.3 Å². The second-order valence-electron chi connectivity index (χ2n) is 5.67. The van der Waals surface area contributed by atoms with Gasteiger partial charge in [-0.1, -0.05) is 13.8 Å². The number of hydrogen-bond acceptors (Lipinski definition) is 3. The van der Waals surface area contributed by atoms with Crippen molar-refractivity contribution in [2.75, 3.05) is 10.6 Å². The number of aliphatic carboxylic acids is 1. The van der Waals surface area contributed by atoms with E-state index >= 15 is 0 Å². The van der Waals surface area contributed by atoms with Gasteiger partial charge in [-0.2, -0.15) is 0 Å². The summed E-state index contributed by atoms with van der Waals surface area (Å²) in [6.45, 7) is 3.52. The van der Waals surface area contributed by atoms with E-state index in [9.17, 15) is 14.4 Å². The average Bonchev–Trinajstić information content (AvgIpc) is 2.94. The summed E-state index contributed by atoms with van der Waals surface area (Å²) in [4.78, 5) is 33.8. The third-order valence-electron chi connectivity index (χ3n) is 3.80. The highest BCUT2D eigenvalue weighted by molar-refractivity contribution is 6.00. The maximum Gasteiger partial charge on any atom is 0.316 e. The zero-order valence-electron chi connectivity index (χ0n) is 11.7. The molecule has 0 bridgehead atoms. The van der Waals surface area contributed by atoms with Gasteiger partial charge in [0.1, 0.15) is 0 Å². The molecule has 0 aromatic heterocycles. The highest BCUT2D eigenvalue weighted by Gasteiger charge is 2.65. The van der Waals surface area contributed by atoms with Gasteiger partial charge < -0.3 is 21.5 Å². The molecule has 1 aliphatic carbocycles. The topological polar surface area (TPSA) is 122 Å². The number of carbonyl (C=O) groups is 3. The van der Waals surface area contributed by atoms with Crippen LogP contribution in [0.1, 0.15) is 13.8 Å². The second kappa shape index (κ2) is 5.08. The van der Waals surface area contributed by atoms with Crippen molar-refractivity contribution in [1.82, 2.24) is 0 Å². The van der Waals surface area contributed by atoms with Crippen LogP contribution in [0.5, 0.6) is 0 Å². The van der Waals surface area contributed by atoms with Crippen LogP contribution >= 0.6 is 0 Å². The zero-order chi connectivity index (χ0) is 15.8. The number of carbonyl (C=O) groups excluding carboxylic acids is 2. The number of nitrogens with two attached hydrogens (primary N) is 1. The monoisotopic (exact) mass is 291 g/mol. The van der Waals surface area contributed by atoms with Gasteiger partial charge >= 0.3 is 12.0 Å². The molecular formula is C14H17N3O4. The van der Waals surface area contributed by atoms with E-state index in [2.05, 4.69) is 10.6 Å². The Bertz CT molecular complexity index is 595. The molecule has 2 unspecified atom stereocenters. The Morgan fingerprint density at radius 3 is 1.90 bits per heavy atom. The van der Waals surface area contributed by atoms with Crippen LogP contribution in [0.25, 0.3) is 0 Å². The maximum absolute atomic E-state index is 12.1. The van der Waals surface area contributed by atoms with Gasteiger partial charge in [0.2, 0.25) is 5.91 Å². The number of primary amides is 1. The first-order valence-corrected chi connectivity index (χ1v) is 6.43. The van der Waals surface area contributed by atoms with Crippen molar-refractivity contribution in [3.8, 4) is 0 Å². The number of rotatable bonds is 4. The molecule has 0 spiro atoms. The lowest BCUT2D eigenvalue weighted by Crippen LogP contribution is -2.19. The van der Waals surface area contributed by atoms with Gasteiger partial charge in [-0.15, -0.1) is 0 Å². The number of urea groups is 1. The van der Waals surface area contributed by atoms with Crippen LogP contribution in [0.3, 0.4) is 0 Å². The van der Waals surface area contributed by atoms with Crippen molar-refractivity contribution in [3.63, 3.8) is 0 Å². The Labute approximate surface area is 121 Å². The van der Waals surface area contributed by atoms with Crippen molar-refractivity contribution in [1.29, 1.82) is 0 Å². The van der Waals surface area contributed by atoms with Crippen LogP contribution in [0.2, 0.25) is 0 Å². The van der Waals surface area contributed by atoms with E-state index in [4.69, 9.17) is 10.8 Å². The first-order chi connectivity index (χ1) is 9.73. The zero-order valence-corrected chi connectivity index (χ0v) is 11.7. The van der Waals surface area contributed by atoms with E-state index in [1.54, 1.807) is 38.1 Å². The number of carboxylic acid groups (broad SMARTS) is 1. The fraction of sp³-hybridized carbons (Fsp3) is 0.357. The van der Waals surface area contributed by atoms with Gasteiger partial charge in [-0.05, 0) is 29.7 Å². The summed E-state index contributed by atoms with van der Waals surface area (Å²) in [6.07, 6.45) is 0. The molecule has 3 amide bonds. The predicted molar refractivity (Wildman–Crippen MR) is 76.7 cm³/mol. The lowest BCUT2D eigenvalue weighted by Gasteiger charge is -2.07. The number of amides is 3. The molecule has 7 nitrogen and oxygen atoms in total. The molecule has 1 aromatic carbocycles. The fourth-order valence-electron chi connectivity index (χ4n) is 2.59. The normalized spacial score (nSPS) is 22.2. The van der Waals surface area contributed by atoms with Crippen LogP contribution < -0.4 is 16.4 Å². The molecule has 1 aliphatic rings. The fourth-order valence-corrected chi connectivity index (χ4v) is 2.59. The summed E-state index contributed by atoms with van der Waals surface area (Å²) in [6, 6.07) is 5.72. The van der Waals surface area contributed by atoms with E-state index in [0.29, 0.717) is 11.4 Å². The number of carboxylic acids is 1. The third-order valence-corrected chi connectivity index (χ3v) is 3.80. The van der Waals surface area contributed by atoms with Gasteiger partial charge in [0.05, 0.1) is 11.8 Å².